The quantitative estimate of drug-likeness (QED) is 0.719. The Hall–Kier alpha value is -1.41. The van der Waals surface area contributed by atoms with Gasteiger partial charge in [0.05, 0.1) is 36.0 Å². The fourth-order valence-electron chi connectivity index (χ4n) is 5.37. The molecule has 3 aliphatic rings. The summed E-state index contributed by atoms with van der Waals surface area (Å²) in [7, 11) is -2.91. The Morgan fingerprint density at radius 2 is 2.23 bits per heavy atom. The molecule has 2 aromatic rings. The van der Waals surface area contributed by atoms with E-state index < -0.39 is 9.84 Å². The molecule has 1 aromatic carbocycles. The van der Waals surface area contributed by atoms with E-state index in [4.69, 9.17) is 16.3 Å². The highest BCUT2D eigenvalue weighted by Crippen LogP contribution is 2.44. The van der Waals surface area contributed by atoms with Crippen molar-refractivity contribution >= 4 is 21.4 Å². The minimum atomic E-state index is -2.91. The smallest absolute Gasteiger partial charge is 0.152 e. The molecule has 0 N–H and O–H groups in total. The minimum Gasteiger partial charge on any atom is -0.370 e. The number of nitrogens with zero attached hydrogens (tertiary/aromatic N) is 3. The Morgan fingerprint density at radius 1 is 1.37 bits per heavy atom. The van der Waals surface area contributed by atoms with E-state index in [9.17, 15) is 8.42 Å². The van der Waals surface area contributed by atoms with Crippen molar-refractivity contribution in [3.63, 3.8) is 0 Å². The van der Waals surface area contributed by atoms with Crippen molar-refractivity contribution in [3.05, 3.63) is 52.3 Å². The molecular weight excluding hydrogens is 422 g/mol. The molecule has 1 aromatic heterocycles. The monoisotopic (exact) mass is 449 g/mol. The maximum absolute atomic E-state index is 11.8. The third-order valence-electron chi connectivity index (χ3n) is 6.99. The third-order valence-corrected chi connectivity index (χ3v) is 8.97. The molecule has 0 radical (unpaired) electrons. The molecule has 2 saturated heterocycles. The van der Waals surface area contributed by atoms with E-state index in [1.807, 2.05) is 23.1 Å². The lowest BCUT2D eigenvalue weighted by Gasteiger charge is -2.48. The fourth-order valence-corrected chi connectivity index (χ4v) is 7.24. The van der Waals surface area contributed by atoms with E-state index in [0.717, 1.165) is 49.5 Å². The van der Waals surface area contributed by atoms with E-state index in [2.05, 4.69) is 29.1 Å². The Kier molecular flexibility index (Phi) is 5.21. The lowest BCUT2D eigenvalue weighted by atomic mass is 9.77. The van der Waals surface area contributed by atoms with Gasteiger partial charge in [-0.15, -0.1) is 0 Å². The highest BCUT2D eigenvalue weighted by Gasteiger charge is 2.43. The number of benzene rings is 1. The maximum atomic E-state index is 11.8. The van der Waals surface area contributed by atoms with Crippen LogP contribution in [0, 0.1) is 0 Å². The fraction of sp³-hybridized carbons (Fsp3) is 0.591. The summed E-state index contributed by atoms with van der Waals surface area (Å²) in [6, 6.07) is 6.56. The molecule has 1 spiro atoms. The minimum absolute atomic E-state index is 0.0253. The second kappa shape index (κ2) is 7.62. The van der Waals surface area contributed by atoms with Crippen LogP contribution in [0.25, 0.3) is 0 Å². The molecule has 0 amide bonds. The lowest BCUT2D eigenvalue weighted by molar-refractivity contribution is -0.113. The van der Waals surface area contributed by atoms with Gasteiger partial charge in [0, 0.05) is 35.9 Å². The number of ether oxygens (including phenoxy) is 1. The number of piperidine rings is 1. The largest absolute Gasteiger partial charge is 0.370 e. The summed E-state index contributed by atoms with van der Waals surface area (Å²) in [5, 5.41) is 5.24. The zero-order valence-electron chi connectivity index (χ0n) is 17.3. The van der Waals surface area contributed by atoms with Crippen LogP contribution >= 0.6 is 11.6 Å². The van der Waals surface area contributed by atoms with Crippen LogP contribution in [-0.2, 0) is 33.1 Å². The molecule has 0 saturated carbocycles. The Bertz CT molecular complexity index is 1050. The number of halogens is 1. The summed E-state index contributed by atoms with van der Waals surface area (Å²) in [6.45, 7) is 4.78. The molecule has 0 aliphatic carbocycles. The van der Waals surface area contributed by atoms with Crippen molar-refractivity contribution in [1.29, 1.82) is 0 Å². The van der Waals surface area contributed by atoms with E-state index in [0.29, 0.717) is 12.5 Å². The highest BCUT2D eigenvalue weighted by molar-refractivity contribution is 7.91. The van der Waals surface area contributed by atoms with Crippen LogP contribution in [-0.4, -0.2) is 53.8 Å². The lowest BCUT2D eigenvalue weighted by Crippen LogP contribution is -2.50. The van der Waals surface area contributed by atoms with Crippen molar-refractivity contribution < 1.29 is 13.2 Å². The van der Waals surface area contributed by atoms with Gasteiger partial charge < -0.3 is 4.74 Å². The number of sulfone groups is 1. The van der Waals surface area contributed by atoms with Gasteiger partial charge in [0.2, 0.25) is 0 Å². The van der Waals surface area contributed by atoms with Crippen molar-refractivity contribution in [1.82, 2.24) is 14.7 Å². The number of aromatic nitrogens is 2. The van der Waals surface area contributed by atoms with Crippen LogP contribution in [0.4, 0.5) is 0 Å². The zero-order chi connectivity index (χ0) is 20.9. The third kappa shape index (κ3) is 3.81. The summed E-state index contributed by atoms with van der Waals surface area (Å²) in [6.07, 6.45) is 7.39. The molecule has 8 heteroatoms. The van der Waals surface area contributed by atoms with Gasteiger partial charge in [-0.05, 0) is 55.9 Å². The van der Waals surface area contributed by atoms with Gasteiger partial charge in [-0.3, -0.25) is 9.58 Å². The average Bonchev–Trinajstić information content (AvgIpc) is 3.31. The first-order valence-corrected chi connectivity index (χ1v) is 12.9. The summed E-state index contributed by atoms with van der Waals surface area (Å²) >= 11 is 6.31. The number of fused-ring (bicyclic) bond motifs is 2. The first-order chi connectivity index (χ1) is 14.3. The summed E-state index contributed by atoms with van der Waals surface area (Å²) in [5.41, 5.74) is 3.52. The van der Waals surface area contributed by atoms with Gasteiger partial charge in [0.1, 0.15) is 0 Å². The van der Waals surface area contributed by atoms with Gasteiger partial charge >= 0.3 is 0 Å². The van der Waals surface area contributed by atoms with E-state index in [-0.39, 0.29) is 23.1 Å². The van der Waals surface area contributed by atoms with Gasteiger partial charge in [0.15, 0.2) is 9.84 Å². The molecule has 1 unspecified atom stereocenters. The van der Waals surface area contributed by atoms with Crippen molar-refractivity contribution in [2.45, 2.75) is 56.8 Å². The van der Waals surface area contributed by atoms with Crippen LogP contribution in [0.2, 0.25) is 5.02 Å². The molecule has 0 bridgehead atoms. The second-order valence-electron chi connectivity index (χ2n) is 9.05. The Labute approximate surface area is 183 Å². The maximum Gasteiger partial charge on any atom is 0.152 e. The van der Waals surface area contributed by atoms with Gasteiger partial charge in [-0.1, -0.05) is 17.7 Å². The molecule has 3 aliphatic heterocycles. The van der Waals surface area contributed by atoms with Gasteiger partial charge in [-0.25, -0.2) is 8.42 Å². The molecule has 5 rings (SSSR count). The first kappa shape index (κ1) is 20.5. The standard InChI is InChI=1S/C22H28ClN3O3S/c1-16-11-22(21-10-19(23)3-2-18(21)4-8-29-22)6-7-25(16)13-17-12-24-26(14-17)20-5-9-30(27,28)15-20/h2-3,10,12,14,16,20H,4-9,11,13,15H2,1H3/t16-,20?,22+/m0/s1. The summed E-state index contributed by atoms with van der Waals surface area (Å²) in [4.78, 5) is 2.47. The zero-order valence-corrected chi connectivity index (χ0v) is 18.8. The number of rotatable bonds is 3. The number of hydrogen-bond donors (Lipinski definition) is 0. The molecule has 4 heterocycles. The first-order valence-electron chi connectivity index (χ1n) is 10.7. The van der Waals surface area contributed by atoms with Gasteiger partial charge in [0.25, 0.3) is 0 Å². The molecule has 30 heavy (non-hydrogen) atoms. The number of hydrogen-bond acceptors (Lipinski definition) is 5. The topological polar surface area (TPSA) is 64.4 Å². The van der Waals surface area contributed by atoms with E-state index in [1.54, 1.807) is 0 Å². The molecule has 3 atom stereocenters. The van der Waals surface area contributed by atoms with Crippen LogP contribution in [0.1, 0.15) is 48.9 Å². The number of likely N-dealkylation sites (tertiary alicyclic amines) is 1. The molecule has 2 fully saturated rings. The average molecular weight is 450 g/mol. The normalized spacial score (nSPS) is 31.1. The SMILES string of the molecule is C[C@H]1C[C@@]2(CCN1Cc1cnn(C3CCS(=O)(=O)C3)c1)OCCc1ccc(Cl)cc12. The summed E-state index contributed by atoms with van der Waals surface area (Å²) < 4.78 is 31.8. The van der Waals surface area contributed by atoms with Crippen LogP contribution in [0.15, 0.2) is 30.6 Å². The predicted octanol–water partition coefficient (Wildman–Crippen LogP) is 3.35. The second-order valence-corrected chi connectivity index (χ2v) is 11.7. The summed E-state index contributed by atoms with van der Waals surface area (Å²) in [5.74, 6) is 0.472. The Morgan fingerprint density at radius 3 is 3.00 bits per heavy atom. The molecule has 162 valence electrons. The highest BCUT2D eigenvalue weighted by atomic mass is 35.5. The van der Waals surface area contributed by atoms with Crippen molar-refractivity contribution in [3.8, 4) is 0 Å². The van der Waals surface area contributed by atoms with Crippen LogP contribution in [0.3, 0.4) is 0 Å². The Balaban J connectivity index is 1.28. The molecule has 6 nitrogen and oxygen atoms in total. The van der Waals surface area contributed by atoms with Crippen LogP contribution in [0.5, 0.6) is 0 Å². The van der Waals surface area contributed by atoms with Crippen LogP contribution < -0.4 is 0 Å². The van der Waals surface area contributed by atoms with Crippen molar-refractivity contribution in [2.75, 3.05) is 24.7 Å². The van der Waals surface area contributed by atoms with Gasteiger partial charge in [-0.2, -0.15) is 5.10 Å². The predicted molar refractivity (Wildman–Crippen MR) is 116 cm³/mol. The van der Waals surface area contributed by atoms with Crippen molar-refractivity contribution in [2.24, 2.45) is 0 Å². The van der Waals surface area contributed by atoms with E-state index in [1.165, 1.54) is 11.1 Å². The molecular formula is C22H28ClN3O3S. The van der Waals surface area contributed by atoms with E-state index >= 15 is 0 Å².